The number of unbranched alkanes of at least 4 members (excludes halogenated alkanes) is 15. The van der Waals surface area contributed by atoms with Crippen LogP contribution in [0.25, 0.3) is 0 Å². The Morgan fingerprint density at radius 3 is 1.71 bits per heavy atom. The first-order valence-corrected chi connectivity index (χ1v) is 16.7. The van der Waals surface area contributed by atoms with E-state index in [2.05, 4.69) is 18.8 Å². The Hall–Kier alpha value is -2.43. The van der Waals surface area contributed by atoms with E-state index in [1.165, 1.54) is 89.9 Å². The molecule has 0 heterocycles. The lowest BCUT2D eigenvalue weighted by molar-refractivity contribution is -0.131. The van der Waals surface area contributed by atoms with Crippen LogP contribution in [0, 0.1) is 5.41 Å². The maximum Gasteiger partial charge on any atom is 0.338 e. The van der Waals surface area contributed by atoms with Gasteiger partial charge in [0.15, 0.2) is 11.6 Å². The molecular formula is C36H57NO4. The third-order valence-corrected chi connectivity index (χ3v) is 9.05. The molecule has 0 saturated heterocycles. The summed E-state index contributed by atoms with van der Waals surface area (Å²) >= 11 is 0. The van der Waals surface area contributed by atoms with E-state index < -0.39 is 11.5 Å². The highest BCUT2D eigenvalue weighted by Gasteiger charge is 2.46. The number of carbonyl (C=O) groups excluding carboxylic acids is 3. The zero-order chi connectivity index (χ0) is 29.9. The van der Waals surface area contributed by atoms with Crippen molar-refractivity contribution < 1.29 is 19.1 Å². The predicted octanol–water partition coefficient (Wildman–Crippen LogP) is 9.79. The molecule has 1 atom stereocenters. The number of rotatable bonds is 22. The molecule has 1 saturated carbocycles. The fourth-order valence-corrected chi connectivity index (χ4v) is 5.96. The summed E-state index contributed by atoms with van der Waals surface area (Å²) < 4.78 is 5.45. The van der Waals surface area contributed by atoms with Crippen LogP contribution in [0.2, 0.25) is 0 Å². The molecule has 0 amide bonds. The van der Waals surface area contributed by atoms with Crippen molar-refractivity contribution in [3.8, 4) is 0 Å². The van der Waals surface area contributed by atoms with Gasteiger partial charge in [0, 0.05) is 17.5 Å². The average Bonchev–Trinajstić information content (AvgIpc) is 2.99. The van der Waals surface area contributed by atoms with Crippen molar-refractivity contribution in [2.24, 2.45) is 5.41 Å². The highest BCUT2D eigenvalue weighted by molar-refractivity contribution is 6.19. The normalized spacial score (nSPS) is 16.7. The third kappa shape index (κ3) is 11.8. The summed E-state index contributed by atoms with van der Waals surface area (Å²) in [6.07, 6.45) is 22.8. The van der Waals surface area contributed by atoms with E-state index in [0.29, 0.717) is 29.9 Å². The molecule has 0 aromatic heterocycles. The molecule has 2 rings (SSSR count). The van der Waals surface area contributed by atoms with Crippen molar-refractivity contribution in [3.05, 3.63) is 42.0 Å². The maximum atomic E-state index is 12.9. The van der Waals surface area contributed by atoms with Crippen molar-refractivity contribution >= 4 is 23.2 Å². The summed E-state index contributed by atoms with van der Waals surface area (Å²) in [7, 11) is 0. The van der Waals surface area contributed by atoms with E-state index in [1.54, 1.807) is 24.3 Å². The standard InChI is InChI=1S/C36H57NO4/c1-5-8-9-10-11-12-13-14-15-16-17-18-19-20-21-22-27-41-35(40)30-23-25-31(26-24-30)37-33-32(38)28-36(6-2,7-3)29(4)34(33)39/h23-26,33,37H,4-22,27-28H2,1-3H3. The quantitative estimate of drug-likeness (QED) is 0.0653. The lowest BCUT2D eigenvalue weighted by atomic mass is 9.65. The van der Waals surface area contributed by atoms with Crippen LogP contribution in [0.1, 0.15) is 153 Å². The van der Waals surface area contributed by atoms with Gasteiger partial charge < -0.3 is 10.1 Å². The first kappa shape index (κ1) is 34.8. The van der Waals surface area contributed by atoms with Gasteiger partial charge in [-0.05, 0) is 49.1 Å². The zero-order valence-corrected chi connectivity index (χ0v) is 26.4. The van der Waals surface area contributed by atoms with Gasteiger partial charge in [0.05, 0.1) is 12.2 Å². The monoisotopic (exact) mass is 567 g/mol. The van der Waals surface area contributed by atoms with E-state index in [4.69, 9.17) is 4.74 Å². The molecule has 1 aliphatic rings. The van der Waals surface area contributed by atoms with Crippen molar-refractivity contribution in [1.82, 2.24) is 0 Å². The molecule has 0 radical (unpaired) electrons. The minimum atomic E-state index is -0.915. The third-order valence-electron chi connectivity index (χ3n) is 9.05. The van der Waals surface area contributed by atoms with Crippen LogP contribution in [-0.4, -0.2) is 30.2 Å². The van der Waals surface area contributed by atoms with Gasteiger partial charge in [-0.2, -0.15) is 0 Å². The Morgan fingerprint density at radius 1 is 0.780 bits per heavy atom. The molecule has 0 spiro atoms. The summed E-state index contributed by atoms with van der Waals surface area (Å²) in [6.45, 7) is 10.7. The van der Waals surface area contributed by atoms with Crippen LogP contribution >= 0.6 is 0 Å². The van der Waals surface area contributed by atoms with E-state index in [9.17, 15) is 14.4 Å². The zero-order valence-electron chi connectivity index (χ0n) is 26.4. The molecule has 0 aliphatic heterocycles. The van der Waals surface area contributed by atoms with Crippen LogP contribution in [-0.2, 0) is 14.3 Å². The molecule has 5 nitrogen and oxygen atoms in total. The highest BCUT2D eigenvalue weighted by Crippen LogP contribution is 2.43. The second kappa shape index (κ2) is 19.6. The number of ether oxygens (including phenoxy) is 1. The largest absolute Gasteiger partial charge is 0.462 e. The topological polar surface area (TPSA) is 72.5 Å². The predicted molar refractivity (Wildman–Crippen MR) is 170 cm³/mol. The van der Waals surface area contributed by atoms with Crippen LogP contribution in [0.3, 0.4) is 0 Å². The summed E-state index contributed by atoms with van der Waals surface area (Å²) in [5.74, 6) is -0.674. The number of esters is 1. The Bertz CT molecular complexity index is 931. The SMILES string of the molecule is C=C1C(=O)C(Nc2ccc(C(=O)OCCCCCCCCCCCCCCCCCC)cc2)C(=O)CC1(CC)CC. The minimum absolute atomic E-state index is 0.103. The first-order chi connectivity index (χ1) is 19.9. The maximum absolute atomic E-state index is 12.9. The molecule has 1 aromatic rings. The number of hydrogen-bond donors (Lipinski definition) is 1. The number of nitrogens with one attached hydrogen (secondary N) is 1. The number of hydrogen-bond acceptors (Lipinski definition) is 5. The molecule has 0 bridgehead atoms. The van der Waals surface area contributed by atoms with Crippen molar-refractivity contribution in [1.29, 1.82) is 0 Å². The number of benzene rings is 1. The average molecular weight is 568 g/mol. The lowest BCUT2D eigenvalue weighted by Crippen LogP contribution is -2.49. The summed E-state index contributed by atoms with van der Waals surface area (Å²) in [5.41, 5.74) is 1.20. The molecule has 41 heavy (non-hydrogen) atoms. The number of anilines is 1. The van der Waals surface area contributed by atoms with Crippen molar-refractivity contribution in [3.63, 3.8) is 0 Å². The van der Waals surface area contributed by atoms with Crippen LogP contribution in [0.15, 0.2) is 36.4 Å². The van der Waals surface area contributed by atoms with Crippen LogP contribution in [0.4, 0.5) is 5.69 Å². The van der Waals surface area contributed by atoms with Crippen molar-refractivity contribution in [2.75, 3.05) is 11.9 Å². The number of carbonyl (C=O) groups is 3. The molecule has 1 aliphatic carbocycles. The van der Waals surface area contributed by atoms with Crippen LogP contribution in [0.5, 0.6) is 0 Å². The lowest BCUT2D eigenvalue weighted by Gasteiger charge is -2.39. The van der Waals surface area contributed by atoms with Gasteiger partial charge in [0.1, 0.15) is 6.04 Å². The number of ketones is 2. The molecule has 1 fully saturated rings. The highest BCUT2D eigenvalue weighted by atomic mass is 16.5. The van der Waals surface area contributed by atoms with Gasteiger partial charge in [-0.1, -0.05) is 124 Å². The minimum Gasteiger partial charge on any atom is -0.462 e. The Labute approximate surface area is 250 Å². The summed E-state index contributed by atoms with van der Waals surface area (Å²) in [5, 5.41) is 3.05. The smallest absolute Gasteiger partial charge is 0.338 e. The van der Waals surface area contributed by atoms with Gasteiger partial charge in [0.25, 0.3) is 0 Å². The van der Waals surface area contributed by atoms with Crippen LogP contribution < -0.4 is 5.32 Å². The van der Waals surface area contributed by atoms with Crippen molar-refractivity contribution in [2.45, 2.75) is 149 Å². The van der Waals surface area contributed by atoms with E-state index in [0.717, 1.165) is 25.7 Å². The molecule has 1 N–H and O–H groups in total. The molecule has 5 heteroatoms. The van der Waals surface area contributed by atoms with Gasteiger partial charge in [-0.3, -0.25) is 9.59 Å². The van der Waals surface area contributed by atoms with Gasteiger partial charge in [-0.25, -0.2) is 4.79 Å². The Kier molecular flexibility index (Phi) is 16.7. The summed E-state index contributed by atoms with van der Waals surface area (Å²) in [6, 6.07) is 5.87. The van der Waals surface area contributed by atoms with E-state index >= 15 is 0 Å². The molecule has 1 unspecified atom stereocenters. The Balaban J connectivity index is 1.54. The molecular weight excluding hydrogens is 510 g/mol. The summed E-state index contributed by atoms with van der Waals surface area (Å²) in [4.78, 5) is 38.2. The molecule has 230 valence electrons. The number of Topliss-reactive ketones (excluding diaryl/α,β-unsaturated/α-hetero) is 2. The molecule has 1 aromatic carbocycles. The second-order valence-corrected chi connectivity index (χ2v) is 12.1. The first-order valence-electron chi connectivity index (χ1n) is 16.7. The van der Waals surface area contributed by atoms with E-state index in [-0.39, 0.29) is 17.5 Å². The van der Waals surface area contributed by atoms with Gasteiger partial charge in [-0.15, -0.1) is 0 Å². The fourth-order valence-electron chi connectivity index (χ4n) is 5.96. The second-order valence-electron chi connectivity index (χ2n) is 12.1. The van der Waals surface area contributed by atoms with Gasteiger partial charge in [0.2, 0.25) is 0 Å². The fraction of sp³-hybridized carbons (Fsp3) is 0.694. The van der Waals surface area contributed by atoms with Gasteiger partial charge >= 0.3 is 5.97 Å². The van der Waals surface area contributed by atoms with E-state index in [1.807, 2.05) is 13.8 Å². The Morgan fingerprint density at radius 2 is 1.24 bits per heavy atom.